The van der Waals surface area contributed by atoms with Crippen molar-refractivity contribution in [2.75, 3.05) is 12.4 Å². The highest BCUT2D eigenvalue weighted by Crippen LogP contribution is 2.21. The van der Waals surface area contributed by atoms with Crippen molar-refractivity contribution < 1.29 is 25.6 Å². The van der Waals surface area contributed by atoms with Gasteiger partial charge in [-0.1, -0.05) is 11.6 Å². The van der Waals surface area contributed by atoms with E-state index in [9.17, 15) is 18.0 Å². The molecule has 10 heteroatoms. The molecule has 0 aliphatic rings. The molecule has 0 fully saturated rings. The van der Waals surface area contributed by atoms with Crippen LogP contribution in [0.3, 0.4) is 0 Å². The van der Waals surface area contributed by atoms with E-state index in [0.29, 0.717) is 17.3 Å². The van der Waals surface area contributed by atoms with E-state index in [-0.39, 0.29) is 20.1 Å². The summed E-state index contributed by atoms with van der Waals surface area (Å²) in [5.41, 5.74) is 1.42. The number of amides is 2. The molecular formula is C19H22ClN3O5S. The molecule has 0 unspecified atom stereocenters. The summed E-state index contributed by atoms with van der Waals surface area (Å²) in [5, 5.41) is 4.36. The average Bonchev–Trinajstić information content (AvgIpc) is 3.08. The zero-order valence-corrected chi connectivity index (χ0v) is 17.0. The third kappa shape index (κ3) is 5.07. The zero-order chi connectivity index (χ0) is 21.0. The van der Waals surface area contributed by atoms with E-state index >= 15 is 0 Å². The number of carbonyl (C=O) groups is 2. The molecule has 156 valence electrons. The lowest BCUT2D eigenvalue weighted by molar-refractivity contribution is -0.116. The van der Waals surface area contributed by atoms with Crippen molar-refractivity contribution in [3.05, 3.63) is 59.8 Å². The lowest BCUT2D eigenvalue weighted by atomic mass is 10.2. The molecule has 3 rings (SSSR count). The fourth-order valence-electron chi connectivity index (χ4n) is 2.74. The second kappa shape index (κ2) is 8.54. The number of carbonyl (C=O) groups excluding carboxylic acids is 2. The first-order chi connectivity index (χ1) is 13.8. The molecule has 0 bridgehead atoms. The van der Waals surface area contributed by atoms with Crippen LogP contribution < -0.4 is 10.0 Å². The van der Waals surface area contributed by atoms with Crippen LogP contribution in [0.1, 0.15) is 9.27 Å². The SMILES string of the molecule is COC(=O)NS(=O)(=O)c1ccc(NC(=O)CCn2ccc3cc(Cl)ccc32)cc1.[HH].[HH]. The number of hydrogen-bond donors (Lipinski definition) is 2. The van der Waals surface area contributed by atoms with Gasteiger partial charge in [-0.15, -0.1) is 0 Å². The fourth-order valence-corrected chi connectivity index (χ4v) is 3.83. The van der Waals surface area contributed by atoms with E-state index in [4.69, 9.17) is 11.6 Å². The van der Waals surface area contributed by atoms with E-state index < -0.39 is 16.1 Å². The van der Waals surface area contributed by atoms with Gasteiger partial charge in [0.05, 0.1) is 12.0 Å². The van der Waals surface area contributed by atoms with E-state index in [1.807, 2.05) is 29.0 Å². The van der Waals surface area contributed by atoms with Crippen molar-refractivity contribution in [2.45, 2.75) is 17.9 Å². The lowest BCUT2D eigenvalue weighted by Crippen LogP contribution is -2.30. The van der Waals surface area contributed by atoms with Gasteiger partial charge in [0.15, 0.2) is 0 Å². The lowest BCUT2D eigenvalue weighted by Gasteiger charge is -2.09. The summed E-state index contributed by atoms with van der Waals surface area (Å²) in [6.07, 6.45) is 1.04. The molecule has 2 N–H and O–H groups in total. The van der Waals surface area contributed by atoms with Crippen molar-refractivity contribution in [3.8, 4) is 0 Å². The van der Waals surface area contributed by atoms with Crippen molar-refractivity contribution in [1.82, 2.24) is 9.29 Å². The van der Waals surface area contributed by atoms with Gasteiger partial charge in [-0.25, -0.2) is 17.9 Å². The number of fused-ring (bicyclic) bond motifs is 1. The highest BCUT2D eigenvalue weighted by molar-refractivity contribution is 7.90. The van der Waals surface area contributed by atoms with Crippen LogP contribution in [0.2, 0.25) is 5.02 Å². The number of nitrogens with zero attached hydrogens (tertiary/aromatic N) is 1. The first kappa shape index (κ1) is 20.7. The standard InChI is InChI=1S/C19H18ClN3O5S.2H2/c1-28-19(25)22-29(26,27)16-5-3-15(4-6-16)21-18(24)9-11-23-10-8-13-12-14(20)2-7-17(13)23;;/h2-8,10,12H,9,11H2,1H3,(H,21,24)(H,22,25);2*1H. The van der Waals surface area contributed by atoms with E-state index in [0.717, 1.165) is 18.0 Å². The largest absolute Gasteiger partial charge is 0.452 e. The summed E-state index contributed by atoms with van der Waals surface area (Å²) in [6, 6.07) is 12.9. The number of ether oxygens (including phenoxy) is 1. The Morgan fingerprint density at radius 3 is 2.55 bits per heavy atom. The van der Waals surface area contributed by atoms with Gasteiger partial charge in [-0.05, 0) is 48.5 Å². The fraction of sp³-hybridized carbons (Fsp3) is 0.158. The Morgan fingerprint density at radius 2 is 1.86 bits per heavy atom. The summed E-state index contributed by atoms with van der Waals surface area (Å²) in [4.78, 5) is 23.2. The minimum Gasteiger partial charge on any atom is -0.452 e. The predicted molar refractivity (Wildman–Crippen MR) is 114 cm³/mol. The first-order valence-electron chi connectivity index (χ1n) is 8.53. The van der Waals surface area contributed by atoms with Crippen molar-refractivity contribution in [2.24, 2.45) is 0 Å². The Morgan fingerprint density at radius 1 is 1.14 bits per heavy atom. The number of benzene rings is 2. The number of halogens is 1. The van der Waals surface area contributed by atoms with Gasteiger partial charge in [0.1, 0.15) is 0 Å². The maximum atomic E-state index is 12.2. The highest BCUT2D eigenvalue weighted by Gasteiger charge is 2.17. The maximum absolute atomic E-state index is 12.2. The van der Waals surface area contributed by atoms with Crippen molar-refractivity contribution in [3.63, 3.8) is 0 Å². The maximum Gasteiger partial charge on any atom is 0.420 e. The molecule has 0 atom stereocenters. The molecule has 0 aliphatic heterocycles. The number of anilines is 1. The molecule has 0 saturated carbocycles. The Kier molecular flexibility index (Phi) is 6.09. The van der Waals surface area contributed by atoms with Crippen LogP contribution in [0.5, 0.6) is 0 Å². The molecule has 0 saturated heterocycles. The van der Waals surface area contributed by atoms with Gasteiger partial charge in [-0.3, -0.25) is 4.79 Å². The number of hydrogen-bond acceptors (Lipinski definition) is 5. The summed E-state index contributed by atoms with van der Waals surface area (Å²) in [7, 11) is -2.97. The first-order valence-corrected chi connectivity index (χ1v) is 10.4. The number of aromatic nitrogens is 1. The van der Waals surface area contributed by atoms with Crippen molar-refractivity contribution >= 4 is 50.2 Å². The van der Waals surface area contributed by atoms with Crippen LogP contribution in [0.25, 0.3) is 10.9 Å². The minimum absolute atomic E-state index is 0. The number of aryl methyl sites for hydroxylation is 1. The summed E-state index contributed by atoms with van der Waals surface area (Å²) in [5.74, 6) is -0.218. The van der Waals surface area contributed by atoms with Gasteiger partial charge in [0.25, 0.3) is 10.0 Å². The molecule has 1 aromatic heterocycles. The van der Waals surface area contributed by atoms with Crippen LogP contribution in [-0.2, 0) is 26.1 Å². The molecule has 8 nitrogen and oxygen atoms in total. The van der Waals surface area contributed by atoms with Crippen LogP contribution in [0, 0.1) is 0 Å². The Bertz CT molecular complexity index is 1170. The average molecular weight is 440 g/mol. The second-order valence-electron chi connectivity index (χ2n) is 6.13. The molecule has 2 amide bonds. The Labute approximate surface area is 175 Å². The molecule has 1 heterocycles. The van der Waals surface area contributed by atoms with Gasteiger partial charge in [-0.2, -0.15) is 0 Å². The second-order valence-corrected chi connectivity index (χ2v) is 8.25. The van der Waals surface area contributed by atoms with Crippen molar-refractivity contribution in [1.29, 1.82) is 0 Å². The minimum atomic E-state index is -4.03. The van der Waals surface area contributed by atoms with Gasteiger partial charge in [0, 0.05) is 43.6 Å². The van der Waals surface area contributed by atoms with E-state index in [1.165, 1.54) is 24.3 Å². The van der Waals surface area contributed by atoms with Crippen LogP contribution in [-0.4, -0.2) is 32.1 Å². The number of nitrogens with one attached hydrogen (secondary N) is 2. The van der Waals surface area contributed by atoms with Gasteiger partial charge in [0.2, 0.25) is 5.91 Å². The Balaban J connectivity index is 0.00000240. The quantitative estimate of drug-likeness (QED) is 0.606. The molecule has 3 aromatic rings. The number of methoxy groups -OCH3 is 1. The summed E-state index contributed by atoms with van der Waals surface area (Å²) >= 11 is 5.98. The van der Waals surface area contributed by atoms with Crippen LogP contribution in [0.4, 0.5) is 10.5 Å². The monoisotopic (exact) mass is 439 g/mol. The highest BCUT2D eigenvalue weighted by atomic mass is 35.5. The summed E-state index contributed by atoms with van der Waals surface area (Å²) in [6.45, 7) is 0.479. The third-order valence-corrected chi connectivity index (χ3v) is 5.73. The summed E-state index contributed by atoms with van der Waals surface area (Å²) < 4.78 is 32.0. The topological polar surface area (TPSA) is 106 Å². The predicted octanol–water partition coefficient (Wildman–Crippen LogP) is 3.86. The van der Waals surface area contributed by atoms with Crippen LogP contribution >= 0.6 is 11.6 Å². The molecule has 0 radical (unpaired) electrons. The smallest absolute Gasteiger partial charge is 0.420 e. The van der Waals surface area contributed by atoms with E-state index in [1.54, 1.807) is 10.8 Å². The zero-order valence-electron chi connectivity index (χ0n) is 15.4. The van der Waals surface area contributed by atoms with E-state index in [2.05, 4.69) is 10.1 Å². The Hall–Kier alpha value is -3.04. The molecule has 2 aromatic carbocycles. The molecular weight excluding hydrogens is 418 g/mol. The molecule has 0 aliphatic carbocycles. The molecule has 0 spiro atoms. The third-order valence-electron chi connectivity index (χ3n) is 4.16. The molecule has 29 heavy (non-hydrogen) atoms. The van der Waals surface area contributed by atoms with Crippen LogP contribution in [0.15, 0.2) is 59.6 Å². The van der Waals surface area contributed by atoms with Gasteiger partial charge < -0.3 is 14.6 Å². The van der Waals surface area contributed by atoms with Gasteiger partial charge >= 0.3 is 6.09 Å². The number of sulfonamides is 1. The normalized spacial score (nSPS) is 11.2. The number of rotatable bonds is 6.